The zero-order valence-electron chi connectivity index (χ0n) is 5.06. The Morgan fingerprint density at radius 2 is 2.50 bits per heavy atom. The van der Waals surface area contributed by atoms with Gasteiger partial charge in [-0.1, -0.05) is 0 Å². The number of hydrogen-bond donors (Lipinski definition) is 0. The number of imidazole rings is 1. The van der Waals surface area contributed by atoms with Crippen LogP contribution in [-0.4, -0.2) is 22.0 Å². The van der Waals surface area contributed by atoms with E-state index in [1.54, 1.807) is 6.20 Å². The predicted molar refractivity (Wildman–Crippen MR) is 32.2 cm³/mol. The summed E-state index contributed by atoms with van der Waals surface area (Å²) in [6, 6.07) is 0. The van der Waals surface area contributed by atoms with Crippen molar-refractivity contribution in [3.05, 3.63) is 12.4 Å². The van der Waals surface area contributed by atoms with E-state index in [2.05, 4.69) is 15.2 Å². The summed E-state index contributed by atoms with van der Waals surface area (Å²) < 4.78 is 1.38. The first-order valence-electron chi connectivity index (χ1n) is 2.82. The highest BCUT2D eigenvalue weighted by Gasteiger charge is 2.12. The van der Waals surface area contributed by atoms with Crippen molar-refractivity contribution >= 4 is 11.9 Å². The molecule has 50 valence electrons. The van der Waals surface area contributed by atoms with Gasteiger partial charge < -0.3 is 0 Å². The third-order valence-corrected chi connectivity index (χ3v) is 1.26. The molecule has 0 aliphatic carbocycles. The maximum atomic E-state index is 10.9. The van der Waals surface area contributed by atoms with E-state index in [1.165, 1.54) is 10.8 Å². The van der Waals surface area contributed by atoms with Crippen molar-refractivity contribution in [2.24, 2.45) is 10.2 Å². The molecule has 1 aromatic heterocycles. The van der Waals surface area contributed by atoms with Gasteiger partial charge in [0.25, 0.3) is 11.9 Å². The van der Waals surface area contributed by atoms with Gasteiger partial charge in [-0.3, -0.25) is 9.36 Å². The first-order valence-corrected chi connectivity index (χ1v) is 2.82. The molecule has 0 spiro atoms. The zero-order chi connectivity index (χ0) is 6.97. The minimum absolute atomic E-state index is 0.0810. The highest BCUT2D eigenvalue weighted by molar-refractivity contribution is 5.83. The van der Waals surface area contributed by atoms with Gasteiger partial charge in [-0.25, -0.2) is 4.98 Å². The normalized spacial score (nSPS) is 15.4. The van der Waals surface area contributed by atoms with Crippen molar-refractivity contribution in [1.29, 1.82) is 0 Å². The van der Waals surface area contributed by atoms with Gasteiger partial charge in [0.05, 0.1) is 0 Å². The fourth-order valence-corrected chi connectivity index (χ4v) is 0.799. The number of hydrogen-bond acceptors (Lipinski definition) is 4. The van der Waals surface area contributed by atoms with E-state index in [0.29, 0.717) is 5.95 Å². The van der Waals surface area contributed by atoms with Crippen LogP contribution < -0.4 is 0 Å². The molecule has 0 aromatic carbocycles. The topological polar surface area (TPSA) is 59.6 Å². The van der Waals surface area contributed by atoms with E-state index in [9.17, 15) is 4.79 Å². The Bertz CT molecular complexity index is 300. The second kappa shape index (κ2) is 1.73. The molecule has 1 aliphatic rings. The highest BCUT2D eigenvalue weighted by atomic mass is 16.2. The number of rotatable bonds is 0. The number of nitrogens with zero attached hydrogens (tertiary/aromatic N) is 4. The Hall–Kier alpha value is -1.52. The minimum Gasteiger partial charge on any atom is -0.272 e. The molecule has 5 heteroatoms. The van der Waals surface area contributed by atoms with Crippen molar-refractivity contribution in [2.75, 3.05) is 6.54 Å². The van der Waals surface area contributed by atoms with Crippen molar-refractivity contribution in [2.45, 2.75) is 0 Å². The van der Waals surface area contributed by atoms with Gasteiger partial charge in [0.2, 0.25) is 0 Å². The lowest BCUT2D eigenvalue weighted by Gasteiger charge is -2.02. The van der Waals surface area contributed by atoms with Gasteiger partial charge in [0, 0.05) is 12.4 Å². The molecule has 0 N–H and O–H groups in total. The van der Waals surface area contributed by atoms with Gasteiger partial charge in [-0.15, -0.1) is 5.11 Å². The predicted octanol–water partition coefficient (Wildman–Crippen LogP) is 0.621. The molecule has 0 radical (unpaired) electrons. The Morgan fingerprint density at radius 3 is 3.30 bits per heavy atom. The summed E-state index contributed by atoms with van der Waals surface area (Å²) in [7, 11) is 0. The van der Waals surface area contributed by atoms with Crippen molar-refractivity contribution in [1.82, 2.24) is 9.55 Å². The fraction of sp³-hybridized carbons (Fsp3) is 0.200. The monoisotopic (exact) mass is 136 g/mol. The van der Waals surface area contributed by atoms with Crippen LogP contribution in [0.5, 0.6) is 0 Å². The number of carbonyl (C=O) groups excluding carboxylic acids is 1. The summed E-state index contributed by atoms with van der Waals surface area (Å²) in [6.07, 6.45) is 3.10. The molecule has 5 nitrogen and oxygen atoms in total. The van der Waals surface area contributed by atoms with Gasteiger partial charge in [0.1, 0.15) is 6.54 Å². The van der Waals surface area contributed by atoms with Gasteiger partial charge >= 0.3 is 0 Å². The summed E-state index contributed by atoms with van der Waals surface area (Å²) >= 11 is 0. The molecule has 1 aliphatic heterocycles. The Balaban J connectivity index is 2.62. The van der Waals surface area contributed by atoms with Crippen molar-refractivity contribution < 1.29 is 4.79 Å². The standard InChI is InChI=1S/C5H4N4O/c10-4-3-7-8-5-6-1-2-9(4)5/h1-2H,3H2. The van der Waals surface area contributed by atoms with Crippen molar-refractivity contribution in [3.8, 4) is 0 Å². The quantitative estimate of drug-likeness (QED) is 0.524. The van der Waals surface area contributed by atoms with Gasteiger partial charge in [0.15, 0.2) is 0 Å². The second-order valence-corrected chi connectivity index (χ2v) is 1.89. The lowest BCUT2D eigenvalue weighted by Crippen LogP contribution is -2.14. The maximum absolute atomic E-state index is 10.9. The smallest absolute Gasteiger partial charge is 0.257 e. The largest absolute Gasteiger partial charge is 0.272 e. The number of aromatic nitrogens is 2. The summed E-state index contributed by atoms with van der Waals surface area (Å²) in [5.41, 5.74) is 0. The first-order chi connectivity index (χ1) is 4.88. The summed E-state index contributed by atoms with van der Waals surface area (Å²) in [4.78, 5) is 14.7. The Kier molecular flexibility index (Phi) is 0.913. The van der Waals surface area contributed by atoms with Crippen molar-refractivity contribution in [3.63, 3.8) is 0 Å². The van der Waals surface area contributed by atoms with Gasteiger partial charge in [-0.05, 0) is 0 Å². The minimum atomic E-state index is -0.0810. The van der Waals surface area contributed by atoms with Crippen LogP contribution in [0.2, 0.25) is 0 Å². The third kappa shape index (κ3) is 0.570. The lowest BCUT2D eigenvalue weighted by molar-refractivity contribution is 0.0918. The zero-order valence-corrected chi connectivity index (χ0v) is 5.06. The molecule has 0 atom stereocenters. The molecular weight excluding hydrogens is 132 g/mol. The summed E-state index contributed by atoms with van der Waals surface area (Å²) in [5.74, 6) is 0.291. The van der Waals surface area contributed by atoms with E-state index >= 15 is 0 Å². The van der Waals surface area contributed by atoms with E-state index in [-0.39, 0.29) is 12.5 Å². The van der Waals surface area contributed by atoms with Crippen LogP contribution in [0.4, 0.5) is 5.95 Å². The van der Waals surface area contributed by atoms with Crippen LogP contribution in [0, 0.1) is 0 Å². The second-order valence-electron chi connectivity index (χ2n) is 1.89. The number of azo groups is 1. The third-order valence-electron chi connectivity index (χ3n) is 1.26. The van der Waals surface area contributed by atoms with Crippen LogP contribution >= 0.6 is 0 Å². The Labute approximate surface area is 56.4 Å². The molecule has 0 unspecified atom stereocenters. The molecule has 10 heavy (non-hydrogen) atoms. The molecule has 0 saturated carbocycles. The maximum Gasteiger partial charge on any atom is 0.257 e. The van der Waals surface area contributed by atoms with E-state index in [4.69, 9.17) is 0 Å². The molecule has 1 aromatic rings. The fourth-order valence-electron chi connectivity index (χ4n) is 0.799. The molecular formula is C5H4N4O. The van der Waals surface area contributed by atoms with E-state index < -0.39 is 0 Å². The van der Waals surface area contributed by atoms with Crippen LogP contribution in [0.3, 0.4) is 0 Å². The van der Waals surface area contributed by atoms with Crippen LogP contribution in [0.1, 0.15) is 4.79 Å². The van der Waals surface area contributed by atoms with Crippen LogP contribution in [0.25, 0.3) is 0 Å². The average Bonchev–Trinajstić information content (AvgIpc) is 2.36. The summed E-state index contributed by atoms with van der Waals surface area (Å²) in [6.45, 7) is 0.128. The van der Waals surface area contributed by atoms with Crippen LogP contribution in [0.15, 0.2) is 22.6 Å². The van der Waals surface area contributed by atoms with Crippen LogP contribution in [-0.2, 0) is 0 Å². The van der Waals surface area contributed by atoms with E-state index in [0.717, 1.165) is 0 Å². The number of fused-ring (bicyclic) bond motifs is 1. The molecule has 2 rings (SSSR count). The lowest BCUT2D eigenvalue weighted by atomic mass is 10.6. The molecule has 0 saturated heterocycles. The average molecular weight is 136 g/mol. The molecule has 0 amide bonds. The summed E-state index contributed by atoms with van der Waals surface area (Å²) in [5, 5.41) is 7.22. The highest BCUT2D eigenvalue weighted by Crippen LogP contribution is 2.12. The number of carbonyl (C=O) groups is 1. The van der Waals surface area contributed by atoms with E-state index in [1.807, 2.05) is 0 Å². The first kappa shape index (κ1) is 5.28. The van der Waals surface area contributed by atoms with Gasteiger partial charge in [-0.2, -0.15) is 5.11 Å². The molecule has 0 bridgehead atoms. The Morgan fingerprint density at radius 1 is 1.60 bits per heavy atom. The molecule has 0 fully saturated rings. The molecule has 2 heterocycles. The SMILES string of the molecule is O=C1CN=Nc2nccn21.